The number of amides is 1. The van der Waals surface area contributed by atoms with Gasteiger partial charge in [-0.2, -0.15) is 5.26 Å². The van der Waals surface area contributed by atoms with E-state index in [1.807, 2.05) is 44.2 Å². The van der Waals surface area contributed by atoms with Gasteiger partial charge in [0.25, 0.3) is 5.91 Å². The standard InChI is InChI=1S/C21H22BrN3O3/c1-13-9-17(6-7-18(13)22)24-12-16(11-23)21(26)25-14(2)15-5-8-19(27-3)20(10-15)28-4/h5-10,12,14,24H,1-4H3,(H,25,26)/b16-12-. The third kappa shape index (κ3) is 5.27. The highest BCUT2D eigenvalue weighted by Crippen LogP contribution is 2.30. The number of anilines is 1. The minimum atomic E-state index is -0.467. The van der Waals surface area contributed by atoms with Gasteiger partial charge in [-0.3, -0.25) is 4.79 Å². The zero-order valence-corrected chi connectivity index (χ0v) is 17.8. The van der Waals surface area contributed by atoms with Crippen LogP contribution in [0, 0.1) is 18.3 Å². The number of carbonyl (C=O) groups excluding carboxylic acids is 1. The van der Waals surface area contributed by atoms with Crippen molar-refractivity contribution < 1.29 is 14.3 Å². The van der Waals surface area contributed by atoms with Crippen molar-refractivity contribution in [2.45, 2.75) is 19.9 Å². The van der Waals surface area contributed by atoms with E-state index in [1.54, 1.807) is 26.4 Å². The molecule has 0 spiro atoms. The van der Waals surface area contributed by atoms with Gasteiger partial charge in [0.05, 0.1) is 20.3 Å². The number of hydrogen-bond donors (Lipinski definition) is 2. The zero-order chi connectivity index (χ0) is 20.7. The lowest BCUT2D eigenvalue weighted by atomic mass is 10.1. The van der Waals surface area contributed by atoms with E-state index < -0.39 is 5.91 Å². The number of hydrogen-bond acceptors (Lipinski definition) is 5. The molecule has 7 heteroatoms. The van der Waals surface area contributed by atoms with E-state index in [2.05, 4.69) is 26.6 Å². The highest BCUT2D eigenvalue weighted by molar-refractivity contribution is 9.10. The summed E-state index contributed by atoms with van der Waals surface area (Å²) in [7, 11) is 3.11. The topological polar surface area (TPSA) is 83.4 Å². The average molecular weight is 444 g/mol. The maximum Gasteiger partial charge on any atom is 0.263 e. The van der Waals surface area contributed by atoms with Crippen LogP contribution in [0.3, 0.4) is 0 Å². The number of nitriles is 1. The van der Waals surface area contributed by atoms with E-state index in [-0.39, 0.29) is 11.6 Å². The van der Waals surface area contributed by atoms with Crippen molar-refractivity contribution in [3.05, 3.63) is 63.8 Å². The normalized spacial score (nSPS) is 11.9. The first-order chi connectivity index (χ1) is 13.4. The monoisotopic (exact) mass is 443 g/mol. The fourth-order valence-electron chi connectivity index (χ4n) is 2.52. The summed E-state index contributed by atoms with van der Waals surface area (Å²) in [5.74, 6) is 0.715. The highest BCUT2D eigenvalue weighted by Gasteiger charge is 2.15. The molecule has 0 aromatic heterocycles. The molecule has 0 aliphatic rings. The van der Waals surface area contributed by atoms with E-state index in [9.17, 15) is 10.1 Å². The molecule has 0 saturated carbocycles. The molecule has 28 heavy (non-hydrogen) atoms. The van der Waals surface area contributed by atoms with E-state index in [1.165, 1.54) is 6.20 Å². The lowest BCUT2D eigenvalue weighted by Gasteiger charge is -2.16. The molecular weight excluding hydrogens is 422 g/mol. The van der Waals surface area contributed by atoms with Crippen LogP contribution in [0.15, 0.2) is 52.6 Å². The van der Waals surface area contributed by atoms with Gasteiger partial charge in [0, 0.05) is 16.4 Å². The summed E-state index contributed by atoms with van der Waals surface area (Å²) in [4.78, 5) is 12.5. The maximum absolute atomic E-state index is 12.5. The van der Waals surface area contributed by atoms with Gasteiger partial charge < -0.3 is 20.1 Å². The number of methoxy groups -OCH3 is 2. The van der Waals surface area contributed by atoms with Crippen LogP contribution in [-0.4, -0.2) is 20.1 Å². The molecule has 2 aromatic rings. The van der Waals surface area contributed by atoms with Gasteiger partial charge in [0.1, 0.15) is 11.6 Å². The third-order valence-electron chi connectivity index (χ3n) is 4.16. The number of halogens is 1. The summed E-state index contributed by atoms with van der Waals surface area (Å²) in [6.07, 6.45) is 1.40. The Hall–Kier alpha value is -2.98. The number of nitrogens with zero attached hydrogens (tertiary/aromatic N) is 1. The van der Waals surface area contributed by atoms with Gasteiger partial charge in [-0.15, -0.1) is 0 Å². The van der Waals surface area contributed by atoms with E-state index >= 15 is 0 Å². The van der Waals surface area contributed by atoms with Crippen molar-refractivity contribution in [1.82, 2.24) is 5.32 Å². The smallest absolute Gasteiger partial charge is 0.263 e. The summed E-state index contributed by atoms with van der Waals surface area (Å²) in [5, 5.41) is 15.2. The number of nitrogens with one attached hydrogen (secondary N) is 2. The average Bonchev–Trinajstić information content (AvgIpc) is 2.70. The summed E-state index contributed by atoms with van der Waals surface area (Å²) >= 11 is 3.44. The molecule has 2 aromatic carbocycles. The molecule has 1 unspecified atom stereocenters. The van der Waals surface area contributed by atoms with E-state index in [0.717, 1.165) is 21.3 Å². The Labute approximate surface area is 173 Å². The van der Waals surface area contributed by atoms with Crippen molar-refractivity contribution in [2.75, 3.05) is 19.5 Å². The van der Waals surface area contributed by atoms with Gasteiger partial charge in [0.2, 0.25) is 0 Å². The van der Waals surface area contributed by atoms with Crippen molar-refractivity contribution in [3.8, 4) is 17.6 Å². The van der Waals surface area contributed by atoms with Gasteiger partial charge in [0.15, 0.2) is 11.5 Å². The van der Waals surface area contributed by atoms with Crippen molar-refractivity contribution in [1.29, 1.82) is 5.26 Å². The summed E-state index contributed by atoms with van der Waals surface area (Å²) in [6.45, 7) is 3.79. The lowest BCUT2D eigenvalue weighted by Crippen LogP contribution is -2.28. The Morgan fingerprint density at radius 2 is 1.89 bits per heavy atom. The summed E-state index contributed by atoms with van der Waals surface area (Å²) in [5.41, 5.74) is 2.64. The quantitative estimate of drug-likeness (QED) is 0.486. The number of ether oxygens (including phenoxy) is 2. The van der Waals surface area contributed by atoms with Crippen LogP contribution >= 0.6 is 15.9 Å². The first-order valence-electron chi connectivity index (χ1n) is 8.55. The molecular formula is C21H22BrN3O3. The third-order valence-corrected chi connectivity index (χ3v) is 5.05. The molecule has 0 saturated heterocycles. The molecule has 1 atom stereocenters. The zero-order valence-electron chi connectivity index (χ0n) is 16.2. The maximum atomic E-state index is 12.5. The second kappa shape index (κ2) is 9.81. The van der Waals surface area contributed by atoms with Crippen molar-refractivity contribution in [3.63, 3.8) is 0 Å². The minimum absolute atomic E-state index is 0.0205. The van der Waals surface area contributed by atoms with Crippen LogP contribution < -0.4 is 20.1 Å². The first-order valence-corrected chi connectivity index (χ1v) is 9.34. The Kier molecular flexibility index (Phi) is 7.47. The predicted octanol–water partition coefficient (Wildman–Crippen LogP) is 4.47. The largest absolute Gasteiger partial charge is 0.493 e. The Balaban J connectivity index is 2.10. The molecule has 0 heterocycles. The molecule has 2 rings (SSSR count). The van der Waals surface area contributed by atoms with Gasteiger partial charge in [-0.05, 0) is 55.3 Å². The van der Waals surface area contributed by atoms with Crippen LogP contribution in [0.1, 0.15) is 24.1 Å². The molecule has 0 fully saturated rings. The van der Waals surface area contributed by atoms with E-state index in [4.69, 9.17) is 9.47 Å². The van der Waals surface area contributed by atoms with Crippen LogP contribution in [-0.2, 0) is 4.79 Å². The highest BCUT2D eigenvalue weighted by atomic mass is 79.9. The summed E-state index contributed by atoms with van der Waals surface area (Å²) in [6, 6.07) is 12.7. The van der Waals surface area contributed by atoms with Crippen LogP contribution in [0.4, 0.5) is 5.69 Å². The van der Waals surface area contributed by atoms with Gasteiger partial charge in [-0.25, -0.2) is 0 Å². The SMILES string of the molecule is COc1ccc(C(C)NC(=O)/C(C#N)=C\Nc2ccc(Br)c(C)c2)cc1OC. The molecule has 1 amide bonds. The molecule has 146 valence electrons. The van der Waals surface area contributed by atoms with Crippen LogP contribution in [0.5, 0.6) is 11.5 Å². The molecule has 6 nitrogen and oxygen atoms in total. The molecule has 0 aliphatic heterocycles. The number of carbonyl (C=O) groups is 1. The fourth-order valence-corrected chi connectivity index (χ4v) is 2.77. The second-order valence-corrected chi connectivity index (χ2v) is 6.94. The Morgan fingerprint density at radius 1 is 1.18 bits per heavy atom. The van der Waals surface area contributed by atoms with Gasteiger partial charge in [-0.1, -0.05) is 22.0 Å². The van der Waals surface area contributed by atoms with Gasteiger partial charge >= 0.3 is 0 Å². The number of benzene rings is 2. The fraction of sp³-hybridized carbons (Fsp3) is 0.238. The molecule has 2 N–H and O–H groups in total. The van der Waals surface area contributed by atoms with Crippen LogP contribution in [0.2, 0.25) is 0 Å². The minimum Gasteiger partial charge on any atom is -0.493 e. The van der Waals surface area contributed by atoms with Crippen LogP contribution in [0.25, 0.3) is 0 Å². The molecule has 0 radical (unpaired) electrons. The van der Waals surface area contributed by atoms with Crippen molar-refractivity contribution in [2.24, 2.45) is 0 Å². The van der Waals surface area contributed by atoms with E-state index in [0.29, 0.717) is 11.5 Å². The number of rotatable bonds is 7. The Morgan fingerprint density at radius 3 is 2.50 bits per heavy atom. The second-order valence-electron chi connectivity index (χ2n) is 6.09. The number of aryl methyl sites for hydroxylation is 1. The molecule has 0 bridgehead atoms. The Bertz CT molecular complexity index is 935. The predicted molar refractivity (Wildman–Crippen MR) is 112 cm³/mol. The first kappa shape index (κ1) is 21.3. The van der Waals surface area contributed by atoms with Crippen molar-refractivity contribution >= 4 is 27.5 Å². The lowest BCUT2D eigenvalue weighted by molar-refractivity contribution is -0.117. The molecule has 0 aliphatic carbocycles. The summed E-state index contributed by atoms with van der Waals surface area (Å²) < 4.78 is 11.5.